The van der Waals surface area contributed by atoms with Gasteiger partial charge in [0.2, 0.25) is 0 Å². The van der Waals surface area contributed by atoms with Crippen molar-refractivity contribution in [1.82, 2.24) is 20.5 Å². The van der Waals surface area contributed by atoms with Crippen LogP contribution in [0.3, 0.4) is 0 Å². The number of pyridine rings is 1. The van der Waals surface area contributed by atoms with Gasteiger partial charge < -0.3 is 5.32 Å². The third kappa shape index (κ3) is 3.17. The number of nitrogens with one attached hydrogen (secondary N) is 2. The highest BCUT2D eigenvalue weighted by molar-refractivity contribution is 5.62. The second-order valence-corrected chi connectivity index (χ2v) is 5.03. The van der Waals surface area contributed by atoms with E-state index in [0.29, 0.717) is 0 Å². The maximum Gasteiger partial charge on any atom is 0.0695 e. The van der Waals surface area contributed by atoms with Crippen molar-refractivity contribution in [2.75, 3.05) is 0 Å². The number of nitrogens with zero attached hydrogens (tertiary/aromatic N) is 2. The van der Waals surface area contributed by atoms with Crippen LogP contribution in [0.25, 0.3) is 11.3 Å². The van der Waals surface area contributed by atoms with E-state index < -0.39 is 0 Å². The first kappa shape index (κ1) is 13.5. The number of rotatable bonds is 5. The topological polar surface area (TPSA) is 53.6 Å². The summed E-state index contributed by atoms with van der Waals surface area (Å²) in [6.45, 7) is 2.90. The van der Waals surface area contributed by atoms with E-state index in [9.17, 15) is 0 Å². The molecule has 0 bridgehead atoms. The molecule has 3 rings (SSSR count). The lowest BCUT2D eigenvalue weighted by molar-refractivity contribution is 0.573. The van der Waals surface area contributed by atoms with Gasteiger partial charge in [0, 0.05) is 30.5 Å². The molecule has 3 aromatic rings. The molecule has 0 spiro atoms. The summed E-state index contributed by atoms with van der Waals surface area (Å²) >= 11 is 0. The van der Waals surface area contributed by atoms with Crippen LogP contribution in [0.4, 0.5) is 0 Å². The Labute approximate surface area is 124 Å². The van der Waals surface area contributed by atoms with Gasteiger partial charge in [-0.3, -0.25) is 10.1 Å². The first-order valence-corrected chi connectivity index (χ1v) is 7.05. The van der Waals surface area contributed by atoms with Crippen LogP contribution in [0.15, 0.2) is 61.1 Å². The molecule has 0 aliphatic carbocycles. The standard InChI is InChI=1S/C17H18N4/c1-13(15-8-5-9-18-10-15)19-11-16-12-20-21-17(16)14-6-3-2-4-7-14/h2-10,12-13,19H,11H2,1H3,(H,20,21)/t13-/m1/s1. The van der Waals surface area contributed by atoms with E-state index in [0.717, 1.165) is 23.4 Å². The number of benzene rings is 1. The minimum absolute atomic E-state index is 0.247. The molecule has 2 aromatic heterocycles. The Kier molecular flexibility index (Phi) is 4.07. The van der Waals surface area contributed by atoms with Crippen molar-refractivity contribution in [3.8, 4) is 11.3 Å². The van der Waals surface area contributed by atoms with Crippen LogP contribution < -0.4 is 5.32 Å². The molecule has 4 nitrogen and oxygen atoms in total. The van der Waals surface area contributed by atoms with Crippen molar-refractivity contribution >= 4 is 0 Å². The van der Waals surface area contributed by atoms with E-state index in [1.807, 2.05) is 36.7 Å². The molecule has 106 valence electrons. The van der Waals surface area contributed by atoms with E-state index >= 15 is 0 Å². The minimum atomic E-state index is 0.247. The van der Waals surface area contributed by atoms with E-state index in [4.69, 9.17) is 0 Å². The molecule has 0 radical (unpaired) electrons. The largest absolute Gasteiger partial charge is 0.306 e. The number of hydrogen-bond donors (Lipinski definition) is 2. The number of H-pyrrole nitrogens is 1. The Bertz CT molecular complexity index is 676. The number of aromatic nitrogens is 3. The van der Waals surface area contributed by atoms with E-state index in [-0.39, 0.29) is 6.04 Å². The molecule has 0 aliphatic heterocycles. The molecule has 4 heteroatoms. The molecule has 0 saturated carbocycles. The summed E-state index contributed by atoms with van der Waals surface area (Å²) in [6.07, 6.45) is 5.57. The summed E-state index contributed by atoms with van der Waals surface area (Å²) in [5, 5.41) is 10.8. The Morgan fingerprint density at radius 2 is 1.95 bits per heavy atom. The van der Waals surface area contributed by atoms with Gasteiger partial charge in [0.25, 0.3) is 0 Å². The lowest BCUT2D eigenvalue weighted by atomic mass is 10.1. The summed E-state index contributed by atoms with van der Waals surface area (Å²) in [6, 6.07) is 14.5. The fourth-order valence-corrected chi connectivity index (χ4v) is 2.31. The van der Waals surface area contributed by atoms with Crippen LogP contribution in [0.2, 0.25) is 0 Å². The SMILES string of the molecule is C[C@@H](NCc1cn[nH]c1-c1ccccc1)c1cccnc1. The summed E-state index contributed by atoms with van der Waals surface area (Å²) in [5.74, 6) is 0. The molecule has 21 heavy (non-hydrogen) atoms. The second-order valence-electron chi connectivity index (χ2n) is 5.03. The van der Waals surface area contributed by atoms with Gasteiger partial charge in [0.15, 0.2) is 0 Å². The van der Waals surface area contributed by atoms with Crippen LogP contribution in [0, 0.1) is 0 Å². The Hall–Kier alpha value is -2.46. The first-order valence-electron chi connectivity index (χ1n) is 7.05. The Morgan fingerprint density at radius 3 is 2.71 bits per heavy atom. The highest BCUT2D eigenvalue weighted by atomic mass is 15.1. The van der Waals surface area contributed by atoms with Gasteiger partial charge in [-0.2, -0.15) is 5.10 Å². The van der Waals surface area contributed by atoms with Gasteiger partial charge in [-0.05, 0) is 24.1 Å². The molecule has 0 amide bonds. The summed E-state index contributed by atoms with van der Waals surface area (Å²) < 4.78 is 0. The highest BCUT2D eigenvalue weighted by Crippen LogP contribution is 2.21. The summed E-state index contributed by atoms with van der Waals surface area (Å²) in [7, 11) is 0. The van der Waals surface area contributed by atoms with Gasteiger partial charge in [-0.25, -0.2) is 0 Å². The van der Waals surface area contributed by atoms with Crippen molar-refractivity contribution in [1.29, 1.82) is 0 Å². The lowest BCUT2D eigenvalue weighted by Gasteiger charge is -2.13. The molecule has 1 aromatic carbocycles. The van der Waals surface area contributed by atoms with Crippen LogP contribution in [0.1, 0.15) is 24.1 Å². The third-order valence-corrected chi connectivity index (χ3v) is 3.56. The number of aromatic amines is 1. The van der Waals surface area contributed by atoms with Gasteiger partial charge >= 0.3 is 0 Å². The molecule has 2 N–H and O–H groups in total. The smallest absolute Gasteiger partial charge is 0.0695 e. The van der Waals surface area contributed by atoms with Crippen molar-refractivity contribution in [2.24, 2.45) is 0 Å². The molecule has 1 atom stereocenters. The Morgan fingerprint density at radius 1 is 1.10 bits per heavy atom. The first-order chi connectivity index (χ1) is 10.3. The number of hydrogen-bond acceptors (Lipinski definition) is 3. The molecule has 0 fully saturated rings. The average molecular weight is 278 g/mol. The van der Waals surface area contributed by atoms with Gasteiger partial charge in [0.1, 0.15) is 0 Å². The van der Waals surface area contributed by atoms with Gasteiger partial charge in [-0.1, -0.05) is 36.4 Å². The second kappa shape index (κ2) is 6.33. The predicted octanol–water partition coefficient (Wildman–Crippen LogP) is 3.32. The van der Waals surface area contributed by atoms with Crippen LogP contribution in [-0.4, -0.2) is 15.2 Å². The van der Waals surface area contributed by atoms with Crippen molar-refractivity contribution in [2.45, 2.75) is 19.5 Å². The van der Waals surface area contributed by atoms with Crippen LogP contribution >= 0.6 is 0 Å². The maximum absolute atomic E-state index is 4.17. The fraction of sp³-hybridized carbons (Fsp3) is 0.176. The zero-order chi connectivity index (χ0) is 14.5. The molecule has 0 saturated heterocycles. The molecule has 0 aliphatic rings. The fourth-order valence-electron chi connectivity index (χ4n) is 2.31. The van der Waals surface area contributed by atoms with Crippen molar-refractivity contribution in [3.05, 3.63) is 72.2 Å². The van der Waals surface area contributed by atoms with Gasteiger partial charge in [0.05, 0.1) is 11.9 Å². The molecular formula is C17H18N4. The quantitative estimate of drug-likeness (QED) is 0.752. The molecule has 2 heterocycles. The summed E-state index contributed by atoms with van der Waals surface area (Å²) in [4.78, 5) is 4.16. The predicted molar refractivity (Wildman–Crippen MR) is 83.5 cm³/mol. The zero-order valence-electron chi connectivity index (χ0n) is 12.0. The lowest BCUT2D eigenvalue weighted by Crippen LogP contribution is -2.18. The minimum Gasteiger partial charge on any atom is -0.306 e. The van der Waals surface area contributed by atoms with Crippen LogP contribution in [-0.2, 0) is 6.54 Å². The van der Waals surface area contributed by atoms with E-state index in [1.54, 1.807) is 6.20 Å². The zero-order valence-corrected chi connectivity index (χ0v) is 12.0. The van der Waals surface area contributed by atoms with E-state index in [2.05, 4.69) is 45.6 Å². The average Bonchev–Trinajstić information content (AvgIpc) is 3.03. The maximum atomic E-state index is 4.17. The normalized spacial score (nSPS) is 12.2. The Balaban J connectivity index is 1.71. The van der Waals surface area contributed by atoms with Crippen LogP contribution in [0.5, 0.6) is 0 Å². The van der Waals surface area contributed by atoms with E-state index in [1.165, 1.54) is 5.56 Å². The molecule has 0 unspecified atom stereocenters. The van der Waals surface area contributed by atoms with Crippen molar-refractivity contribution in [3.63, 3.8) is 0 Å². The summed E-state index contributed by atoms with van der Waals surface area (Å²) in [5.41, 5.74) is 4.57. The van der Waals surface area contributed by atoms with Crippen molar-refractivity contribution < 1.29 is 0 Å². The monoisotopic (exact) mass is 278 g/mol. The van der Waals surface area contributed by atoms with Gasteiger partial charge in [-0.15, -0.1) is 0 Å². The highest BCUT2D eigenvalue weighted by Gasteiger charge is 2.09. The third-order valence-electron chi connectivity index (χ3n) is 3.56. The molecular weight excluding hydrogens is 260 g/mol.